The summed E-state index contributed by atoms with van der Waals surface area (Å²) in [6.07, 6.45) is 1.26. The van der Waals surface area contributed by atoms with Crippen LogP contribution < -0.4 is 14.8 Å². The minimum atomic E-state index is -2.97. The third-order valence-corrected chi connectivity index (χ3v) is 5.48. The molecule has 0 saturated heterocycles. The van der Waals surface area contributed by atoms with Crippen LogP contribution in [0.5, 0.6) is 11.5 Å². The summed E-state index contributed by atoms with van der Waals surface area (Å²) in [6.45, 7) is 3.89. The highest BCUT2D eigenvalue weighted by Gasteiger charge is 2.20. The van der Waals surface area contributed by atoms with Crippen LogP contribution in [0.15, 0.2) is 48.5 Å². The van der Waals surface area contributed by atoms with Crippen molar-refractivity contribution in [3.05, 3.63) is 59.7 Å². The van der Waals surface area contributed by atoms with Crippen molar-refractivity contribution >= 4 is 22.2 Å². The van der Waals surface area contributed by atoms with E-state index in [1.54, 1.807) is 0 Å². The summed E-state index contributed by atoms with van der Waals surface area (Å²) in [7, 11) is -2.97. The Balaban J connectivity index is 0.00000261. The van der Waals surface area contributed by atoms with Crippen LogP contribution >= 0.6 is 12.4 Å². The van der Waals surface area contributed by atoms with Crippen LogP contribution in [0.4, 0.5) is 0 Å². The number of para-hydroxylation sites is 2. The van der Waals surface area contributed by atoms with Crippen molar-refractivity contribution in [3.8, 4) is 11.5 Å². The van der Waals surface area contributed by atoms with Gasteiger partial charge in [-0.1, -0.05) is 43.3 Å². The molecule has 2 atom stereocenters. The van der Waals surface area contributed by atoms with Gasteiger partial charge in [-0.2, -0.15) is 0 Å². The zero-order valence-corrected chi connectivity index (χ0v) is 17.2. The lowest BCUT2D eigenvalue weighted by Gasteiger charge is -2.26. The molecule has 0 aromatic heterocycles. The predicted octanol–water partition coefficient (Wildman–Crippen LogP) is 3.19. The largest absolute Gasteiger partial charge is 0.486 e. The summed E-state index contributed by atoms with van der Waals surface area (Å²) >= 11 is 0. The Bertz CT molecular complexity index is 839. The first-order valence-electron chi connectivity index (χ1n) is 8.76. The van der Waals surface area contributed by atoms with Crippen LogP contribution in [0.25, 0.3) is 0 Å². The van der Waals surface area contributed by atoms with E-state index in [-0.39, 0.29) is 30.2 Å². The smallest absolute Gasteiger partial charge is 0.161 e. The maximum atomic E-state index is 11.4. The Morgan fingerprint density at radius 1 is 1.11 bits per heavy atom. The molecule has 0 bridgehead atoms. The van der Waals surface area contributed by atoms with Crippen molar-refractivity contribution in [2.45, 2.75) is 25.5 Å². The van der Waals surface area contributed by atoms with Gasteiger partial charge in [0, 0.05) is 19.3 Å². The highest BCUT2D eigenvalue weighted by molar-refractivity contribution is 7.90. The number of sulfone groups is 1. The molecule has 148 valence electrons. The number of benzene rings is 2. The number of fused-ring (bicyclic) bond motifs is 1. The number of hydrogen-bond acceptors (Lipinski definition) is 5. The summed E-state index contributed by atoms with van der Waals surface area (Å²) in [5.41, 5.74) is 2.19. The van der Waals surface area contributed by atoms with Gasteiger partial charge in [0.1, 0.15) is 22.5 Å². The van der Waals surface area contributed by atoms with Crippen molar-refractivity contribution < 1.29 is 17.9 Å². The van der Waals surface area contributed by atoms with E-state index in [4.69, 9.17) is 9.47 Å². The van der Waals surface area contributed by atoms with E-state index in [0.717, 1.165) is 29.2 Å². The van der Waals surface area contributed by atoms with Crippen molar-refractivity contribution in [2.75, 3.05) is 25.2 Å². The zero-order valence-electron chi connectivity index (χ0n) is 15.6. The monoisotopic (exact) mass is 411 g/mol. The van der Waals surface area contributed by atoms with Gasteiger partial charge in [0.15, 0.2) is 11.5 Å². The lowest BCUT2D eigenvalue weighted by atomic mass is 10.0. The van der Waals surface area contributed by atoms with Crippen molar-refractivity contribution in [2.24, 2.45) is 0 Å². The fourth-order valence-electron chi connectivity index (χ4n) is 3.06. The molecule has 2 aromatic rings. The Morgan fingerprint density at radius 3 is 2.44 bits per heavy atom. The predicted molar refractivity (Wildman–Crippen MR) is 110 cm³/mol. The third kappa shape index (κ3) is 6.41. The first-order chi connectivity index (χ1) is 12.4. The fraction of sp³-hybridized carbons (Fsp3) is 0.400. The highest BCUT2D eigenvalue weighted by atomic mass is 35.5. The van der Waals surface area contributed by atoms with Crippen LogP contribution in [-0.4, -0.2) is 39.7 Å². The van der Waals surface area contributed by atoms with Gasteiger partial charge >= 0.3 is 0 Å². The zero-order chi connectivity index (χ0) is 18.6. The molecule has 7 heteroatoms. The van der Waals surface area contributed by atoms with Crippen LogP contribution in [0.3, 0.4) is 0 Å². The molecular weight excluding hydrogens is 386 g/mol. The van der Waals surface area contributed by atoms with Crippen LogP contribution in [0.1, 0.15) is 24.0 Å². The molecule has 5 nitrogen and oxygen atoms in total. The van der Waals surface area contributed by atoms with E-state index < -0.39 is 9.84 Å². The lowest BCUT2D eigenvalue weighted by Crippen LogP contribution is -2.38. The topological polar surface area (TPSA) is 64.6 Å². The van der Waals surface area contributed by atoms with Gasteiger partial charge < -0.3 is 14.8 Å². The van der Waals surface area contributed by atoms with Gasteiger partial charge in [-0.25, -0.2) is 8.42 Å². The Hall–Kier alpha value is -1.76. The quantitative estimate of drug-likeness (QED) is 0.758. The van der Waals surface area contributed by atoms with E-state index in [1.807, 2.05) is 55.5 Å². The van der Waals surface area contributed by atoms with Gasteiger partial charge in [0.2, 0.25) is 0 Å². The second-order valence-corrected chi connectivity index (χ2v) is 9.05. The summed E-state index contributed by atoms with van der Waals surface area (Å²) in [5.74, 6) is 1.75. The SMILES string of the molecule is C[C@@H](CS(C)(=O)=O)c1ccc(CNC[C@@H]2COc3ccccc3O2)cc1.Cl. The average molecular weight is 412 g/mol. The maximum absolute atomic E-state index is 11.4. The van der Waals surface area contributed by atoms with Gasteiger partial charge in [-0.05, 0) is 29.2 Å². The molecule has 1 aliphatic rings. The van der Waals surface area contributed by atoms with Crippen molar-refractivity contribution in [1.82, 2.24) is 5.32 Å². The van der Waals surface area contributed by atoms with Crippen LogP contribution in [0, 0.1) is 0 Å². The molecule has 1 N–H and O–H groups in total. The lowest BCUT2D eigenvalue weighted by molar-refractivity contribution is 0.0902. The van der Waals surface area contributed by atoms with E-state index in [9.17, 15) is 8.42 Å². The third-order valence-electron chi connectivity index (χ3n) is 4.37. The van der Waals surface area contributed by atoms with Gasteiger partial charge in [0.25, 0.3) is 0 Å². The van der Waals surface area contributed by atoms with Gasteiger partial charge in [-0.15, -0.1) is 12.4 Å². The molecule has 27 heavy (non-hydrogen) atoms. The second-order valence-electron chi connectivity index (χ2n) is 6.86. The molecule has 0 saturated carbocycles. The number of halogens is 1. The minimum Gasteiger partial charge on any atom is -0.486 e. The molecule has 0 spiro atoms. The molecule has 1 aliphatic heterocycles. The summed E-state index contributed by atoms with van der Waals surface area (Å²) in [6, 6.07) is 15.8. The molecule has 1 heterocycles. The molecule has 3 rings (SSSR count). The molecule has 0 amide bonds. The highest BCUT2D eigenvalue weighted by Crippen LogP contribution is 2.30. The molecular formula is C20H26ClNO4S. The molecule has 2 aromatic carbocycles. The molecule has 0 aliphatic carbocycles. The number of rotatable bonds is 7. The molecule has 0 unspecified atom stereocenters. The Kier molecular flexibility index (Phi) is 7.53. The normalized spacial score (nSPS) is 17.0. The summed E-state index contributed by atoms with van der Waals surface area (Å²) in [4.78, 5) is 0. The molecule has 0 radical (unpaired) electrons. The van der Waals surface area contributed by atoms with Gasteiger partial charge in [-0.3, -0.25) is 0 Å². The van der Waals surface area contributed by atoms with E-state index >= 15 is 0 Å². The second kappa shape index (κ2) is 9.44. The maximum Gasteiger partial charge on any atom is 0.161 e. The Morgan fingerprint density at radius 2 is 1.78 bits per heavy atom. The van der Waals surface area contributed by atoms with E-state index in [2.05, 4.69) is 5.32 Å². The fourth-order valence-corrected chi connectivity index (χ4v) is 4.16. The van der Waals surface area contributed by atoms with Crippen LogP contribution in [0.2, 0.25) is 0 Å². The van der Waals surface area contributed by atoms with Crippen LogP contribution in [-0.2, 0) is 16.4 Å². The van der Waals surface area contributed by atoms with Crippen molar-refractivity contribution in [3.63, 3.8) is 0 Å². The number of hydrogen-bond donors (Lipinski definition) is 1. The van der Waals surface area contributed by atoms with E-state index in [1.165, 1.54) is 6.26 Å². The standard InChI is InChI=1S/C20H25NO4S.ClH/c1-15(14-26(2,22)23)17-9-7-16(8-10-17)11-21-12-18-13-24-19-5-3-4-6-20(19)25-18;/h3-10,15,18,21H,11-14H2,1-2H3;1H/t15-,18+;/m0./s1. The first kappa shape index (κ1) is 21.5. The summed E-state index contributed by atoms with van der Waals surface area (Å²) in [5, 5.41) is 3.39. The number of nitrogens with one attached hydrogen (secondary N) is 1. The summed E-state index contributed by atoms with van der Waals surface area (Å²) < 4.78 is 34.5. The molecule has 0 fully saturated rings. The van der Waals surface area contributed by atoms with Gasteiger partial charge in [0.05, 0.1) is 5.75 Å². The first-order valence-corrected chi connectivity index (χ1v) is 10.8. The minimum absolute atomic E-state index is 0. The van der Waals surface area contributed by atoms with Crippen molar-refractivity contribution in [1.29, 1.82) is 0 Å². The average Bonchev–Trinajstić information content (AvgIpc) is 2.61. The Labute approximate surface area is 167 Å². The number of ether oxygens (including phenoxy) is 2. The van der Waals surface area contributed by atoms with E-state index in [0.29, 0.717) is 13.2 Å².